The van der Waals surface area contributed by atoms with E-state index in [-0.39, 0.29) is 11.6 Å². The Labute approximate surface area is 245 Å². The van der Waals surface area contributed by atoms with Gasteiger partial charge in [0.25, 0.3) is 8.32 Å². The van der Waals surface area contributed by atoms with Crippen molar-refractivity contribution in [2.75, 3.05) is 6.61 Å². The average Bonchev–Trinajstić information content (AvgIpc) is 3.45. The molecule has 2 saturated heterocycles. The van der Waals surface area contributed by atoms with Crippen molar-refractivity contribution in [3.63, 3.8) is 0 Å². The Morgan fingerprint density at radius 3 is 1.93 bits per heavy atom. The number of ether oxygens (including phenoxy) is 4. The number of fused-ring (bicyclic) bond motifs is 1. The zero-order chi connectivity index (χ0) is 29.3. The highest BCUT2D eigenvalue weighted by Crippen LogP contribution is 2.43. The Bertz CT molecular complexity index is 1250. The third-order valence-corrected chi connectivity index (χ3v) is 13.0. The number of aliphatic hydroxyl groups is 1. The van der Waals surface area contributed by atoms with E-state index in [1.54, 1.807) is 0 Å². The Balaban J connectivity index is 1.49. The fourth-order valence-electron chi connectivity index (χ4n) is 6.07. The minimum atomic E-state index is -2.94. The Hall–Kier alpha value is -2.62. The Morgan fingerprint density at radius 1 is 0.878 bits per heavy atom. The van der Waals surface area contributed by atoms with Crippen LogP contribution in [0.1, 0.15) is 40.2 Å². The Morgan fingerprint density at radius 2 is 1.41 bits per heavy atom. The first-order valence-corrected chi connectivity index (χ1v) is 16.2. The number of rotatable bonds is 10. The first kappa shape index (κ1) is 29.9. The molecule has 0 amide bonds. The van der Waals surface area contributed by atoms with Gasteiger partial charge in [0.1, 0.15) is 23.9 Å². The van der Waals surface area contributed by atoms with Crippen LogP contribution in [-0.4, -0.2) is 56.0 Å². The summed E-state index contributed by atoms with van der Waals surface area (Å²) in [5.74, 6) is -0.827. The van der Waals surface area contributed by atoms with Gasteiger partial charge >= 0.3 is 0 Å². The first-order chi connectivity index (χ1) is 19.5. The van der Waals surface area contributed by atoms with E-state index >= 15 is 0 Å². The predicted molar refractivity (Wildman–Crippen MR) is 162 cm³/mol. The second-order valence-corrected chi connectivity index (χ2v) is 16.7. The minimum absolute atomic E-state index is 0.0392. The van der Waals surface area contributed by atoms with E-state index < -0.39 is 44.3 Å². The number of hydrogen-bond donors (Lipinski definition) is 1. The molecule has 1 N–H and O–H groups in total. The summed E-state index contributed by atoms with van der Waals surface area (Å²) in [6, 6.07) is 30.6. The molecular formula is C34H42O6Si. The highest BCUT2D eigenvalue weighted by Gasteiger charge is 2.61. The monoisotopic (exact) mass is 574 g/mol. The van der Waals surface area contributed by atoms with Crippen LogP contribution >= 0.6 is 0 Å². The van der Waals surface area contributed by atoms with E-state index in [9.17, 15) is 5.11 Å². The standard InChI is InChI=1S/C34H42O6Si/c1-7-34(35,24-37-41(32(2,3)4,26-19-13-9-14-20-26)27-21-15-10-16-22-27)30-28(36-23-25-17-11-8-12-18-25)29-31(38-30)40-33(5,6)39-29/h7-22,28-31,35H,1,23-24H2,2-6H3/t28-,29-,30+,31-,34+/m1/s1. The Kier molecular flexibility index (Phi) is 8.43. The van der Waals surface area contributed by atoms with Crippen LogP contribution in [0.25, 0.3) is 0 Å². The molecule has 0 spiro atoms. The topological polar surface area (TPSA) is 66.4 Å². The average molecular weight is 575 g/mol. The molecule has 3 aromatic rings. The summed E-state index contributed by atoms with van der Waals surface area (Å²) >= 11 is 0. The summed E-state index contributed by atoms with van der Waals surface area (Å²) in [7, 11) is -2.94. The second kappa shape index (κ2) is 11.6. The quantitative estimate of drug-likeness (QED) is 0.273. The molecule has 5 rings (SSSR count). The van der Waals surface area contributed by atoms with Gasteiger partial charge in [-0.1, -0.05) is 118 Å². The summed E-state index contributed by atoms with van der Waals surface area (Å²) in [5, 5.41) is 14.2. The van der Waals surface area contributed by atoms with Gasteiger partial charge in [-0.3, -0.25) is 0 Å². The highest BCUT2D eigenvalue weighted by atomic mass is 28.4. The van der Waals surface area contributed by atoms with Crippen molar-refractivity contribution in [2.24, 2.45) is 0 Å². The second-order valence-electron chi connectivity index (χ2n) is 12.4. The lowest BCUT2D eigenvalue weighted by molar-refractivity contribution is -0.241. The maximum Gasteiger partial charge on any atom is 0.261 e. The fraction of sp³-hybridized carbons (Fsp3) is 0.412. The molecule has 0 unspecified atom stereocenters. The molecule has 2 fully saturated rings. The SMILES string of the molecule is C=C[C@](O)(CO[Si](c1ccccc1)(c1ccccc1)C(C)(C)C)[C@H]1O[C@@H]2OC(C)(C)O[C@@H]2[C@H]1OCc1ccccc1. The first-order valence-electron chi connectivity index (χ1n) is 14.3. The van der Waals surface area contributed by atoms with E-state index in [0.717, 1.165) is 15.9 Å². The van der Waals surface area contributed by atoms with Crippen molar-refractivity contribution in [3.8, 4) is 0 Å². The van der Waals surface area contributed by atoms with Gasteiger partial charge in [0.15, 0.2) is 12.1 Å². The molecule has 0 aliphatic carbocycles. The van der Waals surface area contributed by atoms with E-state index in [4.69, 9.17) is 23.4 Å². The molecule has 0 saturated carbocycles. The van der Waals surface area contributed by atoms with Crippen LogP contribution in [0.3, 0.4) is 0 Å². The molecule has 2 heterocycles. The van der Waals surface area contributed by atoms with Crippen LogP contribution in [0.2, 0.25) is 5.04 Å². The largest absolute Gasteiger partial charge is 0.404 e. The summed E-state index contributed by atoms with van der Waals surface area (Å²) in [6.45, 7) is 14.6. The van der Waals surface area contributed by atoms with Gasteiger partial charge in [0.2, 0.25) is 0 Å². The van der Waals surface area contributed by atoms with Gasteiger partial charge in [-0.05, 0) is 34.8 Å². The number of benzene rings is 3. The van der Waals surface area contributed by atoms with Crippen LogP contribution in [0.15, 0.2) is 104 Å². The van der Waals surface area contributed by atoms with Crippen LogP contribution in [0.4, 0.5) is 0 Å². The maximum absolute atomic E-state index is 12.3. The normalized spacial score (nSPS) is 25.4. The van der Waals surface area contributed by atoms with E-state index in [1.807, 2.05) is 80.6 Å². The molecule has 6 nitrogen and oxygen atoms in total. The van der Waals surface area contributed by atoms with Gasteiger partial charge in [-0.25, -0.2) is 0 Å². The third kappa shape index (κ3) is 5.86. The van der Waals surface area contributed by atoms with Crippen LogP contribution < -0.4 is 10.4 Å². The minimum Gasteiger partial charge on any atom is -0.404 e. The van der Waals surface area contributed by atoms with Gasteiger partial charge in [0.05, 0.1) is 13.2 Å². The van der Waals surface area contributed by atoms with E-state index in [0.29, 0.717) is 6.61 Å². The van der Waals surface area contributed by atoms with Crippen molar-refractivity contribution in [1.29, 1.82) is 0 Å². The molecule has 218 valence electrons. The lowest BCUT2D eigenvalue weighted by Gasteiger charge is -2.45. The fourth-order valence-corrected chi connectivity index (χ4v) is 10.7. The smallest absolute Gasteiger partial charge is 0.261 e. The number of hydrogen-bond acceptors (Lipinski definition) is 6. The van der Waals surface area contributed by atoms with E-state index in [2.05, 4.69) is 51.6 Å². The lowest BCUT2D eigenvalue weighted by Crippen LogP contribution is -2.68. The molecule has 7 heteroatoms. The molecule has 0 radical (unpaired) electrons. The van der Waals surface area contributed by atoms with Crippen molar-refractivity contribution in [2.45, 2.75) is 82.3 Å². The molecule has 3 aromatic carbocycles. The molecule has 0 aromatic heterocycles. The van der Waals surface area contributed by atoms with E-state index in [1.165, 1.54) is 6.08 Å². The van der Waals surface area contributed by atoms with Crippen molar-refractivity contribution in [3.05, 3.63) is 109 Å². The zero-order valence-electron chi connectivity index (χ0n) is 24.7. The zero-order valence-corrected chi connectivity index (χ0v) is 25.7. The van der Waals surface area contributed by atoms with Crippen LogP contribution in [0, 0.1) is 0 Å². The van der Waals surface area contributed by atoms with Crippen LogP contribution in [-0.2, 0) is 30.0 Å². The van der Waals surface area contributed by atoms with Gasteiger partial charge in [-0.15, -0.1) is 6.58 Å². The predicted octanol–water partition coefficient (Wildman–Crippen LogP) is 4.94. The van der Waals surface area contributed by atoms with Gasteiger partial charge in [0, 0.05) is 0 Å². The molecular weight excluding hydrogens is 532 g/mol. The van der Waals surface area contributed by atoms with Gasteiger partial charge in [-0.2, -0.15) is 0 Å². The molecule has 0 bridgehead atoms. The summed E-state index contributed by atoms with van der Waals surface area (Å²) < 4.78 is 32.2. The molecule has 2 aliphatic rings. The lowest BCUT2D eigenvalue weighted by atomic mass is 9.92. The van der Waals surface area contributed by atoms with Gasteiger partial charge < -0.3 is 28.5 Å². The summed E-state index contributed by atoms with van der Waals surface area (Å²) in [5.41, 5.74) is -0.575. The molecule has 41 heavy (non-hydrogen) atoms. The summed E-state index contributed by atoms with van der Waals surface area (Å²) in [4.78, 5) is 0. The van der Waals surface area contributed by atoms with Crippen molar-refractivity contribution in [1.82, 2.24) is 0 Å². The summed E-state index contributed by atoms with van der Waals surface area (Å²) in [6.07, 6.45) is -1.13. The third-order valence-electron chi connectivity index (χ3n) is 8.06. The maximum atomic E-state index is 12.3. The van der Waals surface area contributed by atoms with Crippen molar-refractivity contribution >= 4 is 18.7 Å². The van der Waals surface area contributed by atoms with Crippen LogP contribution in [0.5, 0.6) is 0 Å². The molecule has 2 aliphatic heterocycles. The van der Waals surface area contributed by atoms with Crippen molar-refractivity contribution < 1.29 is 28.5 Å². The highest BCUT2D eigenvalue weighted by molar-refractivity contribution is 6.99. The molecule has 5 atom stereocenters.